The van der Waals surface area contributed by atoms with E-state index in [2.05, 4.69) is 27.6 Å². The predicted molar refractivity (Wildman–Crippen MR) is 113 cm³/mol. The molecule has 4 rings (SSSR count). The molecule has 1 aromatic carbocycles. The Bertz CT molecular complexity index is 987. The minimum absolute atomic E-state index is 0.424. The fourth-order valence-electron chi connectivity index (χ4n) is 3.81. The molecule has 0 saturated carbocycles. The minimum atomic E-state index is -0.840. The lowest BCUT2D eigenvalue weighted by molar-refractivity contribution is -0.139. The van der Waals surface area contributed by atoms with Crippen LogP contribution in [0, 0.1) is 0 Å². The van der Waals surface area contributed by atoms with Gasteiger partial charge < -0.3 is 14.9 Å². The molecule has 7 nitrogen and oxygen atoms in total. The van der Waals surface area contributed by atoms with Gasteiger partial charge in [0.1, 0.15) is 5.82 Å². The van der Waals surface area contributed by atoms with E-state index in [1.165, 1.54) is 5.56 Å². The van der Waals surface area contributed by atoms with Crippen LogP contribution in [0.15, 0.2) is 47.0 Å². The summed E-state index contributed by atoms with van der Waals surface area (Å²) in [6, 6.07) is 13.5. The van der Waals surface area contributed by atoms with Crippen LogP contribution in [0.5, 0.6) is 0 Å². The number of aliphatic carboxylic acids is 1. The SMILES string of the molecule is O=C(O)C(CCc1nc(CCCc2ccc3c(n2)NCCC3)no1)c1ccccc1. The van der Waals surface area contributed by atoms with Crippen LogP contribution in [-0.4, -0.2) is 32.7 Å². The lowest BCUT2D eigenvalue weighted by Gasteiger charge is -2.17. The third kappa shape index (κ3) is 5.03. The fourth-order valence-corrected chi connectivity index (χ4v) is 3.81. The third-order valence-corrected chi connectivity index (χ3v) is 5.44. The summed E-state index contributed by atoms with van der Waals surface area (Å²) < 4.78 is 5.33. The Hall–Kier alpha value is -3.22. The van der Waals surface area contributed by atoms with Crippen molar-refractivity contribution in [2.24, 2.45) is 0 Å². The molecule has 0 bridgehead atoms. The molecule has 0 saturated heterocycles. The Morgan fingerprint density at radius 3 is 2.80 bits per heavy atom. The number of nitrogens with one attached hydrogen (secondary N) is 1. The van der Waals surface area contributed by atoms with Gasteiger partial charge in [-0.15, -0.1) is 0 Å². The molecule has 0 amide bonds. The van der Waals surface area contributed by atoms with Crippen molar-refractivity contribution < 1.29 is 14.4 Å². The minimum Gasteiger partial charge on any atom is -0.481 e. The highest BCUT2D eigenvalue weighted by molar-refractivity contribution is 5.76. The van der Waals surface area contributed by atoms with Gasteiger partial charge in [0.05, 0.1) is 5.92 Å². The zero-order chi connectivity index (χ0) is 20.8. The van der Waals surface area contributed by atoms with Gasteiger partial charge in [-0.1, -0.05) is 41.6 Å². The normalized spacial score (nSPS) is 14.0. The quantitative estimate of drug-likeness (QED) is 0.557. The van der Waals surface area contributed by atoms with Gasteiger partial charge in [0.15, 0.2) is 5.82 Å². The van der Waals surface area contributed by atoms with Crippen LogP contribution in [0.3, 0.4) is 0 Å². The van der Waals surface area contributed by atoms with E-state index in [1.807, 2.05) is 30.3 Å². The lowest BCUT2D eigenvalue weighted by Crippen LogP contribution is -2.14. The van der Waals surface area contributed by atoms with Crippen LogP contribution in [-0.2, 0) is 30.5 Å². The summed E-state index contributed by atoms with van der Waals surface area (Å²) in [5, 5.41) is 16.9. The number of fused-ring (bicyclic) bond motifs is 1. The van der Waals surface area contributed by atoms with Crippen LogP contribution in [0.1, 0.15) is 53.7 Å². The molecule has 3 heterocycles. The molecule has 0 spiro atoms. The van der Waals surface area contributed by atoms with Gasteiger partial charge in [0.2, 0.25) is 5.89 Å². The number of carboxylic acid groups (broad SMARTS) is 1. The highest BCUT2D eigenvalue weighted by Gasteiger charge is 2.21. The van der Waals surface area contributed by atoms with Crippen molar-refractivity contribution in [1.82, 2.24) is 15.1 Å². The summed E-state index contributed by atoms with van der Waals surface area (Å²) >= 11 is 0. The molecule has 3 aromatic rings. The van der Waals surface area contributed by atoms with E-state index in [1.54, 1.807) is 0 Å². The largest absolute Gasteiger partial charge is 0.481 e. The first-order chi connectivity index (χ1) is 14.7. The van der Waals surface area contributed by atoms with Crippen LogP contribution in [0.2, 0.25) is 0 Å². The molecule has 7 heteroatoms. The molecule has 2 aromatic heterocycles. The Balaban J connectivity index is 1.27. The zero-order valence-electron chi connectivity index (χ0n) is 16.9. The molecule has 0 aliphatic carbocycles. The summed E-state index contributed by atoms with van der Waals surface area (Å²) in [5.41, 5.74) is 3.15. The molecular weight excluding hydrogens is 380 g/mol. The van der Waals surface area contributed by atoms with Gasteiger partial charge in [0.25, 0.3) is 0 Å². The number of hydrogen-bond donors (Lipinski definition) is 2. The molecule has 1 aliphatic heterocycles. The van der Waals surface area contributed by atoms with Crippen molar-refractivity contribution in [3.8, 4) is 0 Å². The summed E-state index contributed by atoms with van der Waals surface area (Å²) in [7, 11) is 0. The number of pyridine rings is 1. The van der Waals surface area contributed by atoms with Crippen LogP contribution in [0.4, 0.5) is 5.82 Å². The zero-order valence-corrected chi connectivity index (χ0v) is 16.9. The van der Waals surface area contributed by atoms with Gasteiger partial charge in [-0.3, -0.25) is 4.79 Å². The monoisotopic (exact) mass is 406 g/mol. The van der Waals surface area contributed by atoms with Gasteiger partial charge in [-0.2, -0.15) is 4.98 Å². The molecule has 156 valence electrons. The summed E-state index contributed by atoms with van der Waals surface area (Å²) in [5.74, 6) is 0.751. The van der Waals surface area contributed by atoms with E-state index in [4.69, 9.17) is 9.51 Å². The van der Waals surface area contributed by atoms with Crippen molar-refractivity contribution in [3.05, 3.63) is 71.0 Å². The van der Waals surface area contributed by atoms with Crippen molar-refractivity contribution in [3.63, 3.8) is 0 Å². The van der Waals surface area contributed by atoms with Crippen molar-refractivity contribution in [2.45, 2.75) is 50.9 Å². The van der Waals surface area contributed by atoms with Crippen LogP contribution in [0.25, 0.3) is 0 Å². The second kappa shape index (κ2) is 9.52. The van der Waals surface area contributed by atoms with Crippen molar-refractivity contribution >= 4 is 11.8 Å². The van der Waals surface area contributed by atoms with E-state index in [-0.39, 0.29) is 0 Å². The van der Waals surface area contributed by atoms with Gasteiger partial charge in [-0.05, 0) is 49.3 Å². The van der Waals surface area contributed by atoms with Crippen molar-refractivity contribution in [1.29, 1.82) is 0 Å². The van der Waals surface area contributed by atoms with Gasteiger partial charge >= 0.3 is 5.97 Å². The van der Waals surface area contributed by atoms with E-state index in [9.17, 15) is 9.90 Å². The number of benzene rings is 1. The molecule has 0 radical (unpaired) electrons. The highest BCUT2D eigenvalue weighted by atomic mass is 16.5. The predicted octanol–water partition coefficient (Wildman–Crippen LogP) is 3.80. The molecule has 30 heavy (non-hydrogen) atoms. The van der Waals surface area contributed by atoms with Crippen LogP contribution >= 0.6 is 0 Å². The first-order valence-corrected chi connectivity index (χ1v) is 10.5. The number of rotatable bonds is 9. The Labute approximate surface area is 175 Å². The van der Waals surface area contributed by atoms with E-state index in [0.29, 0.717) is 31.0 Å². The topological polar surface area (TPSA) is 101 Å². The number of nitrogens with zero attached hydrogens (tertiary/aromatic N) is 3. The number of anilines is 1. The average Bonchev–Trinajstić information content (AvgIpc) is 3.22. The van der Waals surface area contributed by atoms with Crippen LogP contribution < -0.4 is 5.32 Å². The number of carboxylic acids is 1. The fraction of sp³-hybridized carbons (Fsp3) is 0.391. The first-order valence-electron chi connectivity index (χ1n) is 10.5. The van der Waals surface area contributed by atoms with E-state index < -0.39 is 11.9 Å². The Kier molecular flexibility index (Phi) is 6.37. The number of carbonyl (C=O) groups is 1. The number of aryl methyl sites for hydroxylation is 4. The first kappa shape index (κ1) is 20.1. The Morgan fingerprint density at radius 2 is 1.97 bits per heavy atom. The standard InChI is InChI=1S/C23H26N4O3/c28-23(29)19(16-6-2-1-3-7-16)13-14-21-26-20(27-30-21)10-4-9-18-12-11-17-8-5-15-24-22(17)25-18/h1-3,6-7,11-12,19H,4-5,8-10,13-15H2,(H,24,25)(H,28,29). The maximum Gasteiger partial charge on any atom is 0.310 e. The summed E-state index contributed by atoms with van der Waals surface area (Å²) in [6.07, 6.45) is 5.56. The second-order valence-corrected chi connectivity index (χ2v) is 7.64. The highest BCUT2D eigenvalue weighted by Crippen LogP contribution is 2.22. The molecule has 1 aliphatic rings. The van der Waals surface area contributed by atoms with E-state index in [0.717, 1.165) is 49.3 Å². The average molecular weight is 406 g/mol. The Morgan fingerprint density at radius 1 is 1.10 bits per heavy atom. The molecular formula is C23H26N4O3. The molecule has 0 fully saturated rings. The maximum atomic E-state index is 11.6. The van der Waals surface area contributed by atoms with Gasteiger partial charge in [0, 0.05) is 25.1 Å². The molecule has 1 unspecified atom stereocenters. The van der Waals surface area contributed by atoms with E-state index >= 15 is 0 Å². The number of aromatic nitrogens is 3. The summed E-state index contributed by atoms with van der Waals surface area (Å²) in [4.78, 5) is 20.8. The van der Waals surface area contributed by atoms with Crippen molar-refractivity contribution in [2.75, 3.05) is 11.9 Å². The lowest BCUT2D eigenvalue weighted by atomic mass is 9.94. The smallest absolute Gasteiger partial charge is 0.310 e. The van der Waals surface area contributed by atoms with Gasteiger partial charge in [-0.25, -0.2) is 4.98 Å². The maximum absolute atomic E-state index is 11.6. The second-order valence-electron chi connectivity index (χ2n) is 7.64. The molecule has 1 atom stereocenters. The number of hydrogen-bond acceptors (Lipinski definition) is 6. The summed E-state index contributed by atoms with van der Waals surface area (Å²) in [6.45, 7) is 0.988. The molecule has 2 N–H and O–H groups in total. The third-order valence-electron chi connectivity index (χ3n) is 5.44.